The molecule has 0 fully saturated rings. The summed E-state index contributed by atoms with van der Waals surface area (Å²) in [5.74, 6) is -0.957. The van der Waals surface area contributed by atoms with Crippen molar-refractivity contribution in [2.24, 2.45) is 0 Å². The number of unbranched alkanes of at least 4 members (excludes halogenated alkanes) is 24. The Balaban J connectivity index is 4.46. The van der Waals surface area contributed by atoms with Crippen molar-refractivity contribution in [2.45, 2.75) is 258 Å². The van der Waals surface area contributed by atoms with Gasteiger partial charge in [-0.2, -0.15) is 0 Å². The van der Waals surface area contributed by atoms with Crippen molar-refractivity contribution < 1.29 is 28.6 Å². The number of allylic oxidation sites excluding steroid dienone is 12. The largest absolute Gasteiger partial charge is 0.462 e. The fourth-order valence-corrected chi connectivity index (χ4v) is 7.24. The molecular formula is C57H98O6. The smallest absolute Gasteiger partial charge is 0.306 e. The third-order valence-electron chi connectivity index (χ3n) is 11.2. The summed E-state index contributed by atoms with van der Waals surface area (Å²) in [6.45, 7) is 6.46. The number of ether oxygens (including phenoxy) is 3. The monoisotopic (exact) mass is 879 g/mol. The molecule has 0 spiro atoms. The molecule has 0 saturated carbocycles. The predicted molar refractivity (Wildman–Crippen MR) is 270 cm³/mol. The summed E-state index contributed by atoms with van der Waals surface area (Å²) in [7, 11) is 0. The lowest BCUT2D eigenvalue weighted by Crippen LogP contribution is -2.30. The topological polar surface area (TPSA) is 78.9 Å². The molecule has 6 nitrogen and oxygen atoms in total. The summed E-state index contributed by atoms with van der Waals surface area (Å²) in [5.41, 5.74) is 0. The van der Waals surface area contributed by atoms with Crippen molar-refractivity contribution in [3.63, 3.8) is 0 Å². The Morgan fingerprint density at radius 3 is 1.06 bits per heavy atom. The highest BCUT2D eigenvalue weighted by Crippen LogP contribution is 2.15. The lowest BCUT2D eigenvalue weighted by Gasteiger charge is -2.18. The van der Waals surface area contributed by atoms with Crippen LogP contribution in [0.2, 0.25) is 0 Å². The molecule has 1 unspecified atom stereocenters. The average Bonchev–Trinajstić information content (AvgIpc) is 3.28. The second kappa shape index (κ2) is 51.5. The summed E-state index contributed by atoms with van der Waals surface area (Å²) in [6, 6.07) is 0. The number of carbonyl (C=O) groups excluding carboxylic acids is 3. The molecule has 362 valence electrons. The molecule has 0 aromatic rings. The number of esters is 3. The van der Waals surface area contributed by atoms with Gasteiger partial charge in [0.2, 0.25) is 0 Å². The van der Waals surface area contributed by atoms with Crippen molar-refractivity contribution in [1.82, 2.24) is 0 Å². The van der Waals surface area contributed by atoms with Crippen LogP contribution in [0.1, 0.15) is 252 Å². The quantitative estimate of drug-likeness (QED) is 0.0262. The second-order valence-electron chi connectivity index (χ2n) is 17.4. The van der Waals surface area contributed by atoms with Crippen LogP contribution in [0.25, 0.3) is 0 Å². The van der Waals surface area contributed by atoms with Crippen LogP contribution >= 0.6 is 0 Å². The fraction of sp³-hybridized carbons (Fsp3) is 0.737. The zero-order valence-electron chi connectivity index (χ0n) is 41.3. The van der Waals surface area contributed by atoms with Crippen LogP contribution in [0.15, 0.2) is 72.9 Å². The SMILES string of the molecule is CC/C=C\C/C=C\CCCCCCCCCC(=O)OC(COC(=O)CCC/C=C\C/C=C\C/C=C\C/C=C\CCCCC)COC(=O)CCCCCCCCCCCCCCCC. The molecule has 0 aliphatic heterocycles. The van der Waals surface area contributed by atoms with Crippen LogP contribution in [0.5, 0.6) is 0 Å². The van der Waals surface area contributed by atoms with Gasteiger partial charge in [0.1, 0.15) is 13.2 Å². The van der Waals surface area contributed by atoms with Crippen LogP contribution in [0, 0.1) is 0 Å². The minimum Gasteiger partial charge on any atom is -0.462 e. The van der Waals surface area contributed by atoms with Gasteiger partial charge in [0.25, 0.3) is 0 Å². The van der Waals surface area contributed by atoms with Gasteiger partial charge in [0, 0.05) is 19.3 Å². The Hall–Kier alpha value is -3.15. The number of rotatable bonds is 47. The molecule has 0 rings (SSSR count). The number of hydrogen-bond acceptors (Lipinski definition) is 6. The number of hydrogen-bond donors (Lipinski definition) is 0. The van der Waals surface area contributed by atoms with Crippen LogP contribution < -0.4 is 0 Å². The van der Waals surface area contributed by atoms with Crippen LogP contribution in [-0.2, 0) is 28.6 Å². The summed E-state index contributed by atoms with van der Waals surface area (Å²) in [4.78, 5) is 38.0. The van der Waals surface area contributed by atoms with Gasteiger partial charge in [-0.3, -0.25) is 14.4 Å². The van der Waals surface area contributed by atoms with Crippen LogP contribution in [-0.4, -0.2) is 37.2 Å². The minimum atomic E-state index is -0.799. The van der Waals surface area contributed by atoms with Crippen LogP contribution in [0.4, 0.5) is 0 Å². The highest BCUT2D eigenvalue weighted by molar-refractivity contribution is 5.71. The zero-order chi connectivity index (χ0) is 45.8. The van der Waals surface area contributed by atoms with Gasteiger partial charge in [-0.05, 0) is 83.5 Å². The van der Waals surface area contributed by atoms with Crippen molar-refractivity contribution in [2.75, 3.05) is 13.2 Å². The van der Waals surface area contributed by atoms with Crippen molar-refractivity contribution >= 4 is 17.9 Å². The molecule has 0 radical (unpaired) electrons. The standard InChI is InChI=1S/C57H98O6/c1-4-7-10-13-16-19-22-25-28-29-30-33-35-38-41-44-47-50-56(59)62-53-54(63-57(60)51-48-45-42-39-36-32-27-24-21-18-15-12-9-6-3)52-61-55(58)49-46-43-40-37-34-31-26-23-20-17-14-11-8-5-2/h9,12,16,18-19,21,25,28,30,33,38,41,54H,4-8,10-11,13-15,17,20,22-24,26-27,29,31-32,34-37,39-40,42-53H2,1-3H3/b12-9-,19-16-,21-18-,28-25-,33-30-,41-38-. The van der Waals surface area contributed by atoms with E-state index in [9.17, 15) is 14.4 Å². The Morgan fingerprint density at radius 2 is 0.635 bits per heavy atom. The van der Waals surface area contributed by atoms with E-state index >= 15 is 0 Å². The van der Waals surface area contributed by atoms with E-state index in [0.29, 0.717) is 19.3 Å². The first kappa shape index (κ1) is 59.9. The molecule has 0 bridgehead atoms. The van der Waals surface area contributed by atoms with E-state index in [-0.39, 0.29) is 37.5 Å². The van der Waals surface area contributed by atoms with Gasteiger partial charge in [0.05, 0.1) is 0 Å². The summed E-state index contributed by atoms with van der Waals surface area (Å²) in [6.07, 6.45) is 64.6. The van der Waals surface area contributed by atoms with E-state index in [4.69, 9.17) is 14.2 Å². The van der Waals surface area contributed by atoms with E-state index in [1.54, 1.807) is 0 Å². The lowest BCUT2D eigenvalue weighted by atomic mass is 10.0. The van der Waals surface area contributed by atoms with Crippen molar-refractivity contribution in [3.8, 4) is 0 Å². The maximum absolute atomic E-state index is 12.8. The van der Waals surface area contributed by atoms with Gasteiger partial charge in [-0.15, -0.1) is 0 Å². The molecule has 63 heavy (non-hydrogen) atoms. The Labute approximate surface area is 389 Å². The molecule has 0 amide bonds. The van der Waals surface area contributed by atoms with Gasteiger partial charge < -0.3 is 14.2 Å². The highest BCUT2D eigenvalue weighted by atomic mass is 16.6. The predicted octanol–water partition coefficient (Wildman–Crippen LogP) is 17.4. The summed E-state index contributed by atoms with van der Waals surface area (Å²) < 4.78 is 16.8. The Morgan fingerprint density at radius 1 is 0.333 bits per heavy atom. The maximum Gasteiger partial charge on any atom is 0.306 e. The minimum absolute atomic E-state index is 0.0939. The molecule has 6 heteroatoms. The molecule has 1 atom stereocenters. The first-order valence-electron chi connectivity index (χ1n) is 26.4. The third-order valence-corrected chi connectivity index (χ3v) is 11.2. The van der Waals surface area contributed by atoms with Gasteiger partial charge in [-0.1, -0.05) is 222 Å². The summed E-state index contributed by atoms with van der Waals surface area (Å²) >= 11 is 0. The van der Waals surface area contributed by atoms with Gasteiger partial charge in [-0.25, -0.2) is 0 Å². The lowest BCUT2D eigenvalue weighted by molar-refractivity contribution is -0.167. The molecular weight excluding hydrogens is 781 g/mol. The van der Waals surface area contributed by atoms with E-state index in [1.165, 1.54) is 122 Å². The second-order valence-corrected chi connectivity index (χ2v) is 17.4. The highest BCUT2D eigenvalue weighted by Gasteiger charge is 2.19. The average molecular weight is 879 g/mol. The van der Waals surface area contributed by atoms with E-state index in [1.807, 2.05) is 0 Å². The Kier molecular flexibility index (Phi) is 48.9. The first-order chi connectivity index (χ1) is 31.0. The van der Waals surface area contributed by atoms with Crippen LogP contribution in [0.3, 0.4) is 0 Å². The third kappa shape index (κ3) is 49.7. The maximum atomic E-state index is 12.8. The Bertz CT molecular complexity index is 1190. The van der Waals surface area contributed by atoms with Gasteiger partial charge in [0.15, 0.2) is 6.10 Å². The zero-order valence-corrected chi connectivity index (χ0v) is 41.3. The van der Waals surface area contributed by atoms with E-state index < -0.39 is 6.10 Å². The number of carbonyl (C=O) groups is 3. The summed E-state index contributed by atoms with van der Waals surface area (Å²) in [5, 5.41) is 0. The normalized spacial score (nSPS) is 12.6. The molecule has 0 N–H and O–H groups in total. The molecule has 0 saturated heterocycles. The molecule has 0 aliphatic rings. The van der Waals surface area contributed by atoms with Crippen molar-refractivity contribution in [3.05, 3.63) is 72.9 Å². The van der Waals surface area contributed by atoms with E-state index in [2.05, 4.69) is 93.7 Å². The fourth-order valence-electron chi connectivity index (χ4n) is 7.24. The van der Waals surface area contributed by atoms with Crippen molar-refractivity contribution in [1.29, 1.82) is 0 Å². The molecule has 0 heterocycles. The molecule has 0 aromatic carbocycles. The molecule has 0 aromatic heterocycles. The molecule has 0 aliphatic carbocycles. The first-order valence-corrected chi connectivity index (χ1v) is 26.4. The van der Waals surface area contributed by atoms with E-state index in [0.717, 1.165) is 83.5 Å². The van der Waals surface area contributed by atoms with Gasteiger partial charge >= 0.3 is 17.9 Å².